The molecule has 0 bridgehead atoms. The minimum absolute atomic E-state index is 0.718. The summed E-state index contributed by atoms with van der Waals surface area (Å²) < 4.78 is 0. The minimum atomic E-state index is 0.718. The van der Waals surface area contributed by atoms with E-state index in [0.717, 1.165) is 23.0 Å². The molecule has 0 fully saturated rings. The molecule has 0 aliphatic rings. The van der Waals surface area contributed by atoms with Crippen LogP contribution in [-0.2, 0) is 0 Å². The van der Waals surface area contributed by atoms with Gasteiger partial charge in [0.25, 0.3) is 0 Å². The van der Waals surface area contributed by atoms with Crippen molar-refractivity contribution in [3.05, 3.63) is 11.5 Å². The molecule has 0 heterocycles. The lowest BCUT2D eigenvalue weighted by Crippen LogP contribution is -2.19. The van der Waals surface area contributed by atoms with E-state index in [2.05, 4.69) is 48.1 Å². The van der Waals surface area contributed by atoms with Gasteiger partial charge in [0.1, 0.15) is 0 Å². The first kappa shape index (κ1) is 17.1. The standard InChI is InChI=1S/C16H32S/c1-8-10-14(5)17-15(6)11-13(4)16(7)12(3)9-2/h12-13,15-16H,5,8-11H2,1-4,6-7H3. The van der Waals surface area contributed by atoms with Gasteiger partial charge in [0.15, 0.2) is 0 Å². The molecule has 0 spiro atoms. The van der Waals surface area contributed by atoms with E-state index >= 15 is 0 Å². The van der Waals surface area contributed by atoms with E-state index in [1.165, 1.54) is 30.6 Å². The van der Waals surface area contributed by atoms with Gasteiger partial charge in [-0.3, -0.25) is 0 Å². The van der Waals surface area contributed by atoms with Crippen LogP contribution in [0.4, 0.5) is 0 Å². The Morgan fingerprint density at radius 2 is 1.65 bits per heavy atom. The van der Waals surface area contributed by atoms with Crippen molar-refractivity contribution in [1.29, 1.82) is 0 Å². The van der Waals surface area contributed by atoms with Crippen molar-refractivity contribution in [2.75, 3.05) is 0 Å². The van der Waals surface area contributed by atoms with Crippen LogP contribution in [-0.4, -0.2) is 5.25 Å². The zero-order chi connectivity index (χ0) is 13.4. The molecule has 0 aromatic carbocycles. The van der Waals surface area contributed by atoms with Crippen LogP contribution >= 0.6 is 11.8 Å². The highest BCUT2D eigenvalue weighted by molar-refractivity contribution is 8.03. The van der Waals surface area contributed by atoms with Crippen molar-refractivity contribution in [2.45, 2.75) is 72.5 Å². The van der Waals surface area contributed by atoms with Crippen LogP contribution in [0.1, 0.15) is 67.2 Å². The number of hydrogen-bond donors (Lipinski definition) is 0. The number of rotatable bonds is 9. The maximum atomic E-state index is 4.15. The largest absolute Gasteiger partial charge is 0.128 e. The minimum Gasteiger partial charge on any atom is -0.128 e. The molecule has 0 aliphatic carbocycles. The highest BCUT2D eigenvalue weighted by Gasteiger charge is 2.20. The quantitative estimate of drug-likeness (QED) is 0.478. The number of thioether (sulfide) groups is 1. The van der Waals surface area contributed by atoms with E-state index in [1.807, 2.05) is 11.8 Å². The molecule has 0 N–H and O–H groups in total. The lowest BCUT2D eigenvalue weighted by Gasteiger charge is -2.27. The van der Waals surface area contributed by atoms with Gasteiger partial charge in [-0.2, -0.15) is 0 Å². The van der Waals surface area contributed by atoms with Crippen LogP contribution in [0, 0.1) is 17.8 Å². The van der Waals surface area contributed by atoms with Crippen LogP contribution in [0.15, 0.2) is 11.5 Å². The summed E-state index contributed by atoms with van der Waals surface area (Å²) >= 11 is 1.99. The molecule has 0 amide bonds. The molecule has 0 saturated carbocycles. The summed E-state index contributed by atoms with van der Waals surface area (Å²) in [6.07, 6.45) is 5.01. The topological polar surface area (TPSA) is 0 Å². The molecular formula is C16H32S. The summed E-state index contributed by atoms with van der Waals surface area (Å²) in [5.41, 5.74) is 0. The fraction of sp³-hybridized carbons (Fsp3) is 0.875. The van der Waals surface area contributed by atoms with Crippen molar-refractivity contribution in [2.24, 2.45) is 17.8 Å². The molecule has 0 nitrogen and oxygen atoms in total. The van der Waals surface area contributed by atoms with E-state index in [0.29, 0.717) is 0 Å². The summed E-state index contributed by atoms with van der Waals surface area (Å²) in [7, 11) is 0. The lowest BCUT2D eigenvalue weighted by molar-refractivity contribution is 0.261. The summed E-state index contributed by atoms with van der Waals surface area (Å²) in [6.45, 7) is 18.2. The molecule has 1 heteroatoms. The maximum Gasteiger partial charge on any atom is 0.00652 e. The molecule has 4 unspecified atom stereocenters. The van der Waals surface area contributed by atoms with Crippen LogP contribution in [0.5, 0.6) is 0 Å². The molecule has 0 aromatic heterocycles. The van der Waals surface area contributed by atoms with E-state index in [1.54, 1.807) is 0 Å². The fourth-order valence-corrected chi connectivity index (χ4v) is 3.63. The molecule has 0 rings (SSSR count). The van der Waals surface area contributed by atoms with E-state index in [-0.39, 0.29) is 0 Å². The number of allylic oxidation sites excluding steroid dienone is 1. The summed E-state index contributed by atoms with van der Waals surface area (Å²) in [5.74, 6) is 2.51. The SMILES string of the molecule is C=C(CCC)SC(C)CC(C)C(C)C(C)CC. The van der Waals surface area contributed by atoms with Crippen LogP contribution in [0.2, 0.25) is 0 Å². The Morgan fingerprint density at radius 3 is 2.12 bits per heavy atom. The Hall–Kier alpha value is 0.0900. The van der Waals surface area contributed by atoms with Gasteiger partial charge in [0.05, 0.1) is 0 Å². The normalized spacial score (nSPS) is 18.5. The summed E-state index contributed by atoms with van der Waals surface area (Å²) in [6, 6.07) is 0. The van der Waals surface area contributed by atoms with Crippen molar-refractivity contribution >= 4 is 11.8 Å². The molecule has 0 radical (unpaired) electrons. The lowest BCUT2D eigenvalue weighted by atomic mass is 9.81. The fourth-order valence-electron chi connectivity index (χ4n) is 2.34. The Morgan fingerprint density at radius 1 is 1.06 bits per heavy atom. The Balaban J connectivity index is 4.02. The summed E-state index contributed by atoms with van der Waals surface area (Å²) in [4.78, 5) is 1.36. The van der Waals surface area contributed by atoms with Gasteiger partial charge < -0.3 is 0 Å². The van der Waals surface area contributed by atoms with E-state index < -0.39 is 0 Å². The molecule has 0 aliphatic heterocycles. The predicted molar refractivity (Wildman–Crippen MR) is 83.5 cm³/mol. The van der Waals surface area contributed by atoms with Gasteiger partial charge in [0, 0.05) is 5.25 Å². The Kier molecular flexibility index (Phi) is 9.13. The second-order valence-electron chi connectivity index (χ2n) is 5.67. The van der Waals surface area contributed by atoms with Crippen molar-refractivity contribution < 1.29 is 0 Å². The predicted octanol–water partition coefficient (Wildman–Crippen LogP) is 6.13. The first-order valence-corrected chi connectivity index (χ1v) is 8.14. The highest BCUT2D eigenvalue weighted by atomic mass is 32.2. The van der Waals surface area contributed by atoms with Gasteiger partial charge in [-0.1, -0.05) is 61.0 Å². The molecule has 0 aromatic rings. The van der Waals surface area contributed by atoms with Crippen molar-refractivity contribution in [1.82, 2.24) is 0 Å². The molecule has 0 saturated heterocycles. The molecule has 102 valence electrons. The highest BCUT2D eigenvalue weighted by Crippen LogP contribution is 2.32. The third-order valence-corrected chi connectivity index (χ3v) is 5.17. The Bertz CT molecular complexity index is 210. The monoisotopic (exact) mass is 256 g/mol. The van der Waals surface area contributed by atoms with Gasteiger partial charge in [0.2, 0.25) is 0 Å². The maximum absolute atomic E-state index is 4.15. The van der Waals surface area contributed by atoms with Crippen molar-refractivity contribution in [3.8, 4) is 0 Å². The van der Waals surface area contributed by atoms with Gasteiger partial charge >= 0.3 is 0 Å². The average molecular weight is 256 g/mol. The van der Waals surface area contributed by atoms with Gasteiger partial charge in [-0.25, -0.2) is 0 Å². The van der Waals surface area contributed by atoms with Crippen LogP contribution in [0.3, 0.4) is 0 Å². The second kappa shape index (κ2) is 9.08. The Labute approximate surface area is 114 Å². The molecule has 4 atom stereocenters. The first-order chi connectivity index (χ1) is 7.92. The van der Waals surface area contributed by atoms with E-state index in [4.69, 9.17) is 0 Å². The average Bonchev–Trinajstić information content (AvgIpc) is 2.26. The van der Waals surface area contributed by atoms with Crippen molar-refractivity contribution in [3.63, 3.8) is 0 Å². The van der Waals surface area contributed by atoms with Gasteiger partial charge in [-0.15, -0.1) is 11.8 Å². The van der Waals surface area contributed by atoms with Crippen LogP contribution < -0.4 is 0 Å². The van der Waals surface area contributed by atoms with Crippen LogP contribution in [0.25, 0.3) is 0 Å². The first-order valence-electron chi connectivity index (χ1n) is 7.26. The zero-order valence-corrected chi connectivity index (χ0v) is 13.6. The molecular weight excluding hydrogens is 224 g/mol. The van der Waals surface area contributed by atoms with Gasteiger partial charge in [-0.05, 0) is 35.5 Å². The van der Waals surface area contributed by atoms with E-state index in [9.17, 15) is 0 Å². The number of hydrogen-bond acceptors (Lipinski definition) is 1. The summed E-state index contributed by atoms with van der Waals surface area (Å²) in [5, 5.41) is 0.718. The molecule has 17 heavy (non-hydrogen) atoms. The smallest absolute Gasteiger partial charge is 0.00652 e. The second-order valence-corrected chi connectivity index (χ2v) is 7.29. The third-order valence-electron chi connectivity index (χ3n) is 4.04. The third kappa shape index (κ3) is 7.18. The zero-order valence-electron chi connectivity index (χ0n) is 12.8.